The number of amides is 3. The lowest BCUT2D eigenvalue weighted by Gasteiger charge is -2.38. The number of aliphatic carboxylic acids is 1. The third-order valence-electron chi connectivity index (χ3n) is 8.40. The summed E-state index contributed by atoms with van der Waals surface area (Å²) in [6.45, 7) is 3.90. The summed E-state index contributed by atoms with van der Waals surface area (Å²) in [7, 11) is 1.56. The first-order chi connectivity index (χ1) is 20.8. The van der Waals surface area contributed by atoms with Crippen LogP contribution in [0.2, 0.25) is 0 Å². The van der Waals surface area contributed by atoms with E-state index in [1.54, 1.807) is 18.1 Å². The van der Waals surface area contributed by atoms with Gasteiger partial charge in [-0.3, -0.25) is 9.59 Å². The molecule has 1 fully saturated rings. The van der Waals surface area contributed by atoms with Crippen molar-refractivity contribution < 1.29 is 29.0 Å². The number of anilines is 1. The van der Waals surface area contributed by atoms with Crippen molar-refractivity contribution in [3.8, 4) is 11.5 Å². The van der Waals surface area contributed by atoms with E-state index in [2.05, 4.69) is 5.32 Å². The number of carbonyl (C=O) groups is 3. The molecule has 0 bridgehead atoms. The Labute approximate surface area is 252 Å². The van der Waals surface area contributed by atoms with Crippen molar-refractivity contribution in [1.82, 2.24) is 9.80 Å². The minimum Gasteiger partial charge on any atom is -0.493 e. The number of para-hydroxylation sites is 1. The fourth-order valence-corrected chi connectivity index (χ4v) is 6.03. The molecule has 0 saturated carbocycles. The monoisotopic (exact) mass is 585 g/mol. The van der Waals surface area contributed by atoms with Crippen molar-refractivity contribution in [1.29, 1.82) is 0 Å². The number of carboxylic acid groups (broad SMARTS) is 1. The van der Waals surface area contributed by atoms with Gasteiger partial charge in [0.2, 0.25) is 5.91 Å². The van der Waals surface area contributed by atoms with E-state index in [4.69, 9.17) is 9.47 Å². The van der Waals surface area contributed by atoms with E-state index in [9.17, 15) is 19.5 Å². The van der Waals surface area contributed by atoms with Gasteiger partial charge in [-0.15, -0.1) is 0 Å². The van der Waals surface area contributed by atoms with E-state index in [0.717, 1.165) is 34.4 Å². The van der Waals surface area contributed by atoms with Crippen LogP contribution in [-0.2, 0) is 29.0 Å². The number of benzene rings is 3. The molecular weight excluding hydrogens is 546 g/mol. The molecule has 3 aromatic rings. The highest BCUT2D eigenvalue weighted by Crippen LogP contribution is 2.34. The standard InChI is InChI=1S/C34H39N3O6/c1-23-18-25(20-30(42-2)32(23)43-22-24-8-4-3-5-9-24)19-27(33(39)40)21-31(38)36-15-13-28(14-16-36)37-17-12-26-10-6-7-11-29(26)35-34(37)41/h3-11,18,20,27-28H,12-17,19,21-22H2,1-2H3,(H,35,41)(H,39,40). The third kappa shape index (κ3) is 7.28. The zero-order valence-electron chi connectivity index (χ0n) is 24.8. The van der Waals surface area contributed by atoms with E-state index in [1.165, 1.54) is 0 Å². The van der Waals surface area contributed by atoms with Gasteiger partial charge in [-0.25, -0.2) is 4.79 Å². The van der Waals surface area contributed by atoms with Crippen LogP contribution in [0.25, 0.3) is 0 Å². The number of nitrogens with zero attached hydrogens (tertiary/aromatic N) is 2. The van der Waals surface area contributed by atoms with Crippen molar-refractivity contribution in [2.45, 2.75) is 51.7 Å². The molecule has 9 nitrogen and oxygen atoms in total. The second kappa shape index (κ2) is 13.6. The molecule has 9 heteroatoms. The van der Waals surface area contributed by atoms with Crippen LogP contribution in [0.1, 0.15) is 41.5 Å². The smallest absolute Gasteiger partial charge is 0.322 e. The maximum Gasteiger partial charge on any atom is 0.322 e. The summed E-state index contributed by atoms with van der Waals surface area (Å²) in [4.78, 5) is 42.0. The molecule has 1 saturated heterocycles. The number of carbonyl (C=O) groups excluding carboxylic acids is 2. The van der Waals surface area contributed by atoms with Gasteiger partial charge in [-0.1, -0.05) is 54.6 Å². The van der Waals surface area contributed by atoms with Gasteiger partial charge in [-0.2, -0.15) is 0 Å². The lowest BCUT2D eigenvalue weighted by molar-refractivity contribution is -0.146. The molecular formula is C34H39N3O6. The van der Waals surface area contributed by atoms with Crippen LogP contribution < -0.4 is 14.8 Å². The predicted molar refractivity (Wildman–Crippen MR) is 163 cm³/mol. The van der Waals surface area contributed by atoms with Crippen molar-refractivity contribution >= 4 is 23.6 Å². The number of carboxylic acids is 1. The molecule has 0 aromatic heterocycles. The number of hydrogen-bond donors (Lipinski definition) is 2. The Bertz CT molecular complexity index is 1450. The summed E-state index contributed by atoms with van der Waals surface area (Å²) in [5.41, 5.74) is 4.61. The average molecular weight is 586 g/mol. The number of rotatable bonds is 10. The number of urea groups is 1. The molecule has 5 rings (SSSR count). The summed E-state index contributed by atoms with van der Waals surface area (Å²) in [5, 5.41) is 13.0. The summed E-state index contributed by atoms with van der Waals surface area (Å²) in [5.74, 6) is -0.914. The van der Waals surface area contributed by atoms with Gasteiger partial charge in [0.1, 0.15) is 6.61 Å². The minimum atomic E-state index is -1.01. The van der Waals surface area contributed by atoms with Crippen LogP contribution >= 0.6 is 0 Å². The first kappa shape index (κ1) is 29.9. The number of hydrogen-bond acceptors (Lipinski definition) is 5. The second-order valence-corrected chi connectivity index (χ2v) is 11.3. The summed E-state index contributed by atoms with van der Waals surface area (Å²) < 4.78 is 11.6. The van der Waals surface area contributed by atoms with Crippen molar-refractivity contribution in [3.63, 3.8) is 0 Å². The number of ether oxygens (including phenoxy) is 2. The molecule has 2 aliphatic rings. The Balaban J connectivity index is 1.17. The molecule has 226 valence electrons. The Morgan fingerprint density at radius 2 is 1.72 bits per heavy atom. The molecule has 3 aromatic carbocycles. The predicted octanol–water partition coefficient (Wildman–Crippen LogP) is 5.30. The highest BCUT2D eigenvalue weighted by Gasteiger charge is 2.33. The third-order valence-corrected chi connectivity index (χ3v) is 8.40. The average Bonchev–Trinajstić information content (AvgIpc) is 3.18. The molecule has 2 heterocycles. The zero-order chi connectivity index (χ0) is 30.3. The first-order valence-electron chi connectivity index (χ1n) is 14.8. The molecule has 2 N–H and O–H groups in total. The summed E-state index contributed by atoms with van der Waals surface area (Å²) >= 11 is 0. The van der Waals surface area contributed by atoms with Crippen LogP contribution in [0, 0.1) is 12.8 Å². The largest absolute Gasteiger partial charge is 0.493 e. The fourth-order valence-electron chi connectivity index (χ4n) is 6.03. The van der Waals surface area contributed by atoms with Crippen LogP contribution in [0.3, 0.4) is 0 Å². The van der Waals surface area contributed by atoms with Crippen molar-refractivity contribution in [2.75, 3.05) is 32.1 Å². The van der Waals surface area contributed by atoms with Gasteiger partial charge < -0.3 is 29.7 Å². The maximum atomic E-state index is 13.2. The van der Waals surface area contributed by atoms with Crippen LogP contribution in [0.4, 0.5) is 10.5 Å². The lowest BCUT2D eigenvalue weighted by atomic mass is 9.93. The lowest BCUT2D eigenvalue weighted by Crippen LogP contribution is -2.50. The normalized spacial score (nSPS) is 16.1. The number of fused-ring (bicyclic) bond motifs is 1. The molecule has 0 spiro atoms. The number of piperidine rings is 1. The van der Waals surface area contributed by atoms with Crippen LogP contribution in [0.15, 0.2) is 66.7 Å². The summed E-state index contributed by atoms with van der Waals surface area (Å²) in [6.07, 6.45) is 2.20. The molecule has 0 radical (unpaired) electrons. The molecule has 1 atom stereocenters. The van der Waals surface area contributed by atoms with Crippen LogP contribution in [0.5, 0.6) is 11.5 Å². The van der Waals surface area contributed by atoms with Crippen LogP contribution in [-0.4, -0.2) is 65.6 Å². The quantitative estimate of drug-likeness (QED) is 0.335. The fraction of sp³-hybridized carbons (Fsp3) is 0.382. The van der Waals surface area contributed by atoms with Gasteiger partial charge in [0.05, 0.1) is 13.0 Å². The van der Waals surface area contributed by atoms with E-state index in [-0.39, 0.29) is 30.8 Å². The van der Waals surface area contributed by atoms with E-state index >= 15 is 0 Å². The van der Waals surface area contributed by atoms with Gasteiger partial charge in [0, 0.05) is 37.8 Å². The van der Waals surface area contributed by atoms with E-state index in [0.29, 0.717) is 50.6 Å². The Morgan fingerprint density at radius 3 is 2.44 bits per heavy atom. The van der Waals surface area contributed by atoms with E-state index < -0.39 is 11.9 Å². The topological polar surface area (TPSA) is 108 Å². The molecule has 0 aliphatic carbocycles. The Kier molecular flexibility index (Phi) is 9.49. The van der Waals surface area contributed by atoms with Crippen molar-refractivity contribution in [3.05, 3.63) is 89.0 Å². The highest BCUT2D eigenvalue weighted by molar-refractivity contribution is 5.91. The molecule has 43 heavy (non-hydrogen) atoms. The Morgan fingerprint density at radius 1 is 1.00 bits per heavy atom. The van der Waals surface area contributed by atoms with Gasteiger partial charge in [0.15, 0.2) is 11.5 Å². The molecule has 2 aliphatic heterocycles. The number of nitrogens with one attached hydrogen (secondary N) is 1. The van der Waals surface area contributed by atoms with Gasteiger partial charge in [0.25, 0.3) is 0 Å². The van der Waals surface area contributed by atoms with E-state index in [1.807, 2.05) is 72.5 Å². The van der Waals surface area contributed by atoms with Crippen molar-refractivity contribution in [2.24, 2.45) is 5.92 Å². The number of likely N-dealkylation sites (tertiary alicyclic amines) is 1. The second-order valence-electron chi connectivity index (χ2n) is 11.3. The zero-order valence-corrected chi connectivity index (χ0v) is 24.8. The van der Waals surface area contributed by atoms with Gasteiger partial charge in [-0.05, 0) is 67.0 Å². The first-order valence-corrected chi connectivity index (χ1v) is 14.8. The number of aryl methyl sites for hydroxylation is 1. The SMILES string of the molecule is COc1cc(CC(CC(=O)N2CCC(N3CCc4ccccc4NC3=O)CC2)C(=O)O)cc(C)c1OCc1ccccc1. The molecule has 3 amide bonds. The number of methoxy groups -OCH3 is 1. The highest BCUT2D eigenvalue weighted by atomic mass is 16.5. The maximum absolute atomic E-state index is 13.2. The molecule has 1 unspecified atom stereocenters. The minimum absolute atomic E-state index is 0.0340. The van der Waals surface area contributed by atoms with Gasteiger partial charge >= 0.3 is 12.0 Å². The summed E-state index contributed by atoms with van der Waals surface area (Å²) in [6, 6.07) is 21.3. The Hall–Kier alpha value is -4.53.